The summed E-state index contributed by atoms with van der Waals surface area (Å²) in [5.41, 5.74) is 1.01. The Bertz CT molecular complexity index is 1000. The summed E-state index contributed by atoms with van der Waals surface area (Å²) in [6.45, 7) is 2.70. The molecule has 0 atom stereocenters. The van der Waals surface area contributed by atoms with E-state index in [0.717, 1.165) is 17.0 Å². The number of nitrogens with zero attached hydrogens (tertiary/aromatic N) is 3. The second-order valence-electron chi connectivity index (χ2n) is 7.23. The lowest BCUT2D eigenvalue weighted by Gasteiger charge is -2.36. The van der Waals surface area contributed by atoms with Crippen LogP contribution in [0.4, 0.5) is 18.9 Å². The van der Waals surface area contributed by atoms with Gasteiger partial charge in [0.05, 0.1) is 5.56 Å². The van der Waals surface area contributed by atoms with Crippen LogP contribution in [-0.2, 0) is 17.5 Å². The van der Waals surface area contributed by atoms with Crippen LogP contribution in [0.15, 0.2) is 60.8 Å². The number of rotatable bonds is 4. The van der Waals surface area contributed by atoms with Gasteiger partial charge < -0.3 is 14.4 Å². The third-order valence-electron chi connectivity index (χ3n) is 5.42. The van der Waals surface area contributed by atoms with Gasteiger partial charge in [0, 0.05) is 56.5 Å². The molecule has 1 aliphatic rings. The summed E-state index contributed by atoms with van der Waals surface area (Å²) in [6.07, 6.45) is -1.96. The van der Waals surface area contributed by atoms with Crippen molar-refractivity contribution in [3.63, 3.8) is 0 Å². The highest BCUT2D eigenvalue weighted by Gasteiger charge is 2.31. The van der Waals surface area contributed by atoms with Gasteiger partial charge in [-0.15, -0.1) is 0 Å². The summed E-state index contributed by atoms with van der Waals surface area (Å²) in [6, 6.07) is 15.4. The van der Waals surface area contributed by atoms with E-state index >= 15 is 0 Å². The lowest BCUT2D eigenvalue weighted by molar-refractivity contribution is -0.137. The molecule has 0 spiro atoms. The number of alkyl halides is 3. The average Bonchev–Trinajstić information content (AvgIpc) is 3.15. The summed E-state index contributed by atoms with van der Waals surface area (Å²) in [4.78, 5) is 16.3. The Kier molecular flexibility index (Phi) is 5.22. The Morgan fingerprint density at radius 2 is 1.69 bits per heavy atom. The van der Waals surface area contributed by atoms with Gasteiger partial charge in [0.25, 0.3) is 0 Å². The number of piperazine rings is 1. The molecule has 0 unspecified atom stereocenters. The quantitative estimate of drug-likeness (QED) is 0.648. The fraction of sp³-hybridized carbons (Fsp3) is 0.318. The van der Waals surface area contributed by atoms with Crippen LogP contribution in [0.2, 0.25) is 0 Å². The molecule has 1 amide bonds. The maximum absolute atomic E-state index is 12.9. The van der Waals surface area contributed by atoms with E-state index in [-0.39, 0.29) is 5.91 Å². The largest absolute Gasteiger partial charge is 0.416 e. The van der Waals surface area contributed by atoms with Gasteiger partial charge in [0.15, 0.2) is 0 Å². The number of carbonyl (C=O) groups excluding carboxylic acids is 1. The van der Waals surface area contributed by atoms with Crippen LogP contribution in [0.3, 0.4) is 0 Å². The lowest BCUT2D eigenvalue weighted by Crippen LogP contribution is -2.49. The Labute approximate surface area is 167 Å². The van der Waals surface area contributed by atoms with Crippen LogP contribution < -0.4 is 4.90 Å². The first-order chi connectivity index (χ1) is 13.9. The third-order valence-corrected chi connectivity index (χ3v) is 5.42. The Morgan fingerprint density at radius 3 is 2.45 bits per heavy atom. The van der Waals surface area contributed by atoms with Gasteiger partial charge in [-0.25, -0.2) is 0 Å². The van der Waals surface area contributed by atoms with Gasteiger partial charge in [0.2, 0.25) is 5.91 Å². The molecule has 4 rings (SSSR count). The van der Waals surface area contributed by atoms with Gasteiger partial charge in [-0.05, 0) is 35.7 Å². The molecule has 3 aromatic rings. The van der Waals surface area contributed by atoms with E-state index in [0.29, 0.717) is 44.8 Å². The van der Waals surface area contributed by atoms with Crippen LogP contribution in [0.1, 0.15) is 12.0 Å². The standard InChI is InChI=1S/C22H22F3N3O/c23-22(24,25)18-5-3-6-19(16-18)26-12-14-28(15-13-26)21(29)9-11-27-10-8-17-4-1-2-7-20(17)27/h1-8,10,16H,9,11-15H2. The Morgan fingerprint density at radius 1 is 0.931 bits per heavy atom. The normalized spacial score (nSPS) is 15.1. The number of aryl methyl sites for hydroxylation is 1. The number of benzene rings is 2. The Hall–Kier alpha value is -2.96. The number of hydrogen-bond donors (Lipinski definition) is 0. The van der Waals surface area contributed by atoms with Crippen molar-refractivity contribution in [2.75, 3.05) is 31.1 Å². The zero-order valence-corrected chi connectivity index (χ0v) is 15.9. The number of amides is 1. The van der Waals surface area contributed by atoms with Crippen molar-refractivity contribution in [2.24, 2.45) is 0 Å². The molecule has 0 aliphatic carbocycles. The van der Waals surface area contributed by atoms with Crippen molar-refractivity contribution in [3.05, 3.63) is 66.4 Å². The van der Waals surface area contributed by atoms with E-state index in [1.54, 1.807) is 11.0 Å². The van der Waals surface area contributed by atoms with Gasteiger partial charge in [-0.2, -0.15) is 13.2 Å². The van der Waals surface area contributed by atoms with Crippen LogP contribution >= 0.6 is 0 Å². The maximum atomic E-state index is 12.9. The van der Waals surface area contributed by atoms with Crippen LogP contribution in [0.5, 0.6) is 0 Å². The molecule has 7 heteroatoms. The average molecular weight is 401 g/mol. The molecule has 152 valence electrons. The molecule has 1 aromatic heterocycles. The lowest BCUT2D eigenvalue weighted by atomic mass is 10.1. The highest BCUT2D eigenvalue weighted by Crippen LogP contribution is 2.31. The first kappa shape index (κ1) is 19.4. The predicted octanol–water partition coefficient (Wildman–Crippen LogP) is 4.40. The molecular formula is C22H22F3N3O. The maximum Gasteiger partial charge on any atom is 0.416 e. The minimum absolute atomic E-state index is 0.0754. The minimum Gasteiger partial charge on any atom is -0.368 e. The molecule has 2 heterocycles. The fourth-order valence-electron chi connectivity index (χ4n) is 3.80. The van der Waals surface area contributed by atoms with Gasteiger partial charge >= 0.3 is 6.18 Å². The molecular weight excluding hydrogens is 379 g/mol. The molecule has 4 nitrogen and oxygen atoms in total. The molecule has 2 aromatic carbocycles. The molecule has 29 heavy (non-hydrogen) atoms. The second-order valence-corrected chi connectivity index (χ2v) is 7.23. The highest BCUT2D eigenvalue weighted by molar-refractivity contribution is 5.80. The highest BCUT2D eigenvalue weighted by atomic mass is 19.4. The summed E-state index contributed by atoms with van der Waals surface area (Å²) in [5.74, 6) is 0.0754. The van der Waals surface area contributed by atoms with E-state index in [1.165, 1.54) is 12.1 Å². The molecule has 0 N–H and O–H groups in total. The molecule has 1 saturated heterocycles. The first-order valence-corrected chi connectivity index (χ1v) is 9.66. The Balaban J connectivity index is 1.33. The van der Waals surface area contributed by atoms with Crippen LogP contribution in [-0.4, -0.2) is 41.6 Å². The molecule has 0 saturated carbocycles. The van der Waals surface area contributed by atoms with E-state index in [4.69, 9.17) is 0 Å². The third kappa shape index (κ3) is 4.23. The number of halogens is 3. The zero-order valence-electron chi connectivity index (χ0n) is 15.9. The van der Waals surface area contributed by atoms with E-state index in [2.05, 4.69) is 4.57 Å². The molecule has 1 fully saturated rings. The summed E-state index contributed by atoms with van der Waals surface area (Å²) in [7, 11) is 0. The summed E-state index contributed by atoms with van der Waals surface area (Å²) in [5, 5.41) is 1.15. The van der Waals surface area contributed by atoms with E-state index < -0.39 is 11.7 Å². The SMILES string of the molecule is O=C(CCn1ccc2ccccc21)N1CCN(c2cccc(C(F)(F)F)c2)CC1. The van der Waals surface area contributed by atoms with E-state index in [1.807, 2.05) is 41.4 Å². The summed E-state index contributed by atoms with van der Waals surface area (Å²) < 4.78 is 40.9. The predicted molar refractivity (Wildman–Crippen MR) is 107 cm³/mol. The monoisotopic (exact) mass is 401 g/mol. The van der Waals surface area contributed by atoms with Crippen LogP contribution in [0, 0.1) is 0 Å². The van der Waals surface area contributed by atoms with Gasteiger partial charge in [-0.1, -0.05) is 24.3 Å². The molecule has 0 radical (unpaired) electrons. The number of para-hydroxylation sites is 1. The van der Waals surface area contributed by atoms with Crippen molar-refractivity contribution in [1.29, 1.82) is 0 Å². The van der Waals surface area contributed by atoms with Crippen molar-refractivity contribution in [3.8, 4) is 0 Å². The minimum atomic E-state index is -4.35. The fourth-order valence-corrected chi connectivity index (χ4v) is 3.80. The summed E-state index contributed by atoms with van der Waals surface area (Å²) >= 11 is 0. The molecule has 0 bridgehead atoms. The van der Waals surface area contributed by atoms with Gasteiger partial charge in [-0.3, -0.25) is 4.79 Å². The number of hydrogen-bond acceptors (Lipinski definition) is 2. The number of anilines is 1. The molecule has 1 aliphatic heterocycles. The van der Waals surface area contributed by atoms with Crippen LogP contribution in [0.25, 0.3) is 10.9 Å². The number of fused-ring (bicyclic) bond motifs is 1. The number of carbonyl (C=O) groups is 1. The van der Waals surface area contributed by atoms with Crippen molar-refractivity contribution in [2.45, 2.75) is 19.1 Å². The number of aromatic nitrogens is 1. The smallest absolute Gasteiger partial charge is 0.368 e. The zero-order chi connectivity index (χ0) is 20.4. The topological polar surface area (TPSA) is 28.5 Å². The van der Waals surface area contributed by atoms with Gasteiger partial charge in [0.1, 0.15) is 0 Å². The second kappa shape index (κ2) is 7.81. The van der Waals surface area contributed by atoms with Crippen molar-refractivity contribution < 1.29 is 18.0 Å². The first-order valence-electron chi connectivity index (χ1n) is 9.66. The van der Waals surface area contributed by atoms with Crippen molar-refractivity contribution >= 4 is 22.5 Å². The van der Waals surface area contributed by atoms with Crippen molar-refractivity contribution in [1.82, 2.24) is 9.47 Å². The van der Waals surface area contributed by atoms with E-state index in [9.17, 15) is 18.0 Å².